The van der Waals surface area contributed by atoms with E-state index in [0.717, 1.165) is 11.3 Å². The van der Waals surface area contributed by atoms with E-state index in [0.29, 0.717) is 17.4 Å². The van der Waals surface area contributed by atoms with Gasteiger partial charge in [0.15, 0.2) is 17.1 Å². The van der Waals surface area contributed by atoms with Crippen molar-refractivity contribution in [3.8, 4) is 17.6 Å². The van der Waals surface area contributed by atoms with Crippen LogP contribution < -0.4 is 4.74 Å². The standard InChI is InChI=1S/C19H17N3O4/c1-3-26-19(24)16-18(23)14-8-9-22(17(14)15(10-20)21-16)11-12-4-6-13(25-2)7-5-12/h4-9,23H,3,11H2,1-2H3. The average molecular weight is 351 g/mol. The predicted octanol–water partition coefficient (Wildman–Crippen LogP) is 2.85. The van der Waals surface area contributed by atoms with E-state index in [2.05, 4.69) is 4.98 Å². The number of aromatic hydroxyl groups is 1. The van der Waals surface area contributed by atoms with Crippen LogP contribution in [0.4, 0.5) is 0 Å². The van der Waals surface area contributed by atoms with Crippen molar-refractivity contribution in [1.29, 1.82) is 5.26 Å². The summed E-state index contributed by atoms with van der Waals surface area (Å²) in [6.07, 6.45) is 1.74. The van der Waals surface area contributed by atoms with E-state index in [1.807, 2.05) is 30.3 Å². The topological polar surface area (TPSA) is 97.4 Å². The summed E-state index contributed by atoms with van der Waals surface area (Å²) in [6.45, 7) is 2.28. The van der Waals surface area contributed by atoms with Gasteiger partial charge in [0.1, 0.15) is 11.8 Å². The molecule has 1 aromatic carbocycles. The highest BCUT2D eigenvalue weighted by Crippen LogP contribution is 2.31. The summed E-state index contributed by atoms with van der Waals surface area (Å²) in [5.41, 5.74) is 1.26. The highest BCUT2D eigenvalue weighted by Gasteiger charge is 2.22. The minimum absolute atomic E-state index is 0.0550. The molecule has 0 spiro atoms. The smallest absolute Gasteiger partial charge is 0.360 e. The summed E-state index contributed by atoms with van der Waals surface area (Å²) >= 11 is 0. The second-order valence-electron chi connectivity index (χ2n) is 5.54. The molecule has 0 bridgehead atoms. The van der Waals surface area contributed by atoms with Gasteiger partial charge in [0.05, 0.1) is 19.2 Å². The van der Waals surface area contributed by atoms with Crippen LogP contribution >= 0.6 is 0 Å². The number of carbonyl (C=O) groups excluding carboxylic acids is 1. The fourth-order valence-electron chi connectivity index (χ4n) is 2.75. The van der Waals surface area contributed by atoms with Gasteiger partial charge in [-0.15, -0.1) is 0 Å². The molecule has 0 saturated carbocycles. The maximum Gasteiger partial charge on any atom is 0.360 e. The Balaban J connectivity index is 2.07. The number of hydrogen-bond acceptors (Lipinski definition) is 6. The second-order valence-corrected chi connectivity index (χ2v) is 5.54. The van der Waals surface area contributed by atoms with Gasteiger partial charge in [0.2, 0.25) is 0 Å². The van der Waals surface area contributed by atoms with Gasteiger partial charge in [0.25, 0.3) is 0 Å². The minimum atomic E-state index is -0.758. The lowest BCUT2D eigenvalue weighted by Crippen LogP contribution is -2.09. The summed E-state index contributed by atoms with van der Waals surface area (Å²) in [5, 5.41) is 20.3. The largest absolute Gasteiger partial charge is 0.505 e. The summed E-state index contributed by atoms with van der Waals surface area (Å²) in [4.78, 5) is 16.0. The zero-order chi connectivity index (χ0) is 18.7. The molecule has 7 heteroatoms. The van der Waals surface area contributed by atoms with Crippen molar-refractivity contribution in [2.24, 2.45) is 0 Å². The van der Waals surface area contributed by atoms with Crippen LogP contribution in [-0.2, 0) is 11.3 Å². The molecule has 0 aliphatic carbocycles. The molecule has 0 atom stereocenters. The van der Waals surface area contributed by atoms with Gasteiger partial charge < -0.3 is 19.1 Å². The van der Waals surface area contributed by atoms with Gasteiger partial charge in [-0.3, -0.25) is 0 Å². The van der Waals surface area contributed by atoms with Crippen LogP contribution in [0.15, 0.2) is 36.5 Å². The Kier molecular flexibility index (Phi) is 4.76. The maximum absolute atomic E-state index is 12.0. The lowest BCUT2D eigenvalue weighted by Gasteiger charge is -2.10. The number of aromatic nitrogens is 2. The van der Waals surface area contributed by atoms with Crippen molar-refractivity contribution in [1.82, 2.24) is 9.55 Å². The lowest BCUT2D eigenvalue weighted by atomic mass is 10.2. The first-order chi connectivity index (χ1) is 12.6. The van der Waals surface area contributed by atoms with Crippen LogP contribution in [0.25, 0.3) is 10.9 Å². The zero-order valence-electron chi connectivity index (χ0n) is 14.4. The fraction of sp³-hybridized carbons (Fsp3) is 0.211. The first-order valence-corrected chi connectivity index (χ1v) is 8.01. The Hall–Kier alpha value is -3.53. The van der Waals surface area contributed by atoms with Crippen LogP contribution in [-0.4, -0.2) is 34.3 Å². The van der Waals surface area contributed by atoms with E-state index in [4.69, 9.17) is 9.47 Å². The molecule has 2 heterocycles. The van der Waals surface area contributed by atoms with Gasteiger partial charge in [-0.1, -0.05) is 12.1 Å². The third kappa shape index (κ3) is 3.05. The van der Waals surface area contributed by atoms with Crippen LogP contribution in [0.2, 0.25) is 0 Å². The third-order valence-corrected chi connectivity index (χ3v) is 3.98. The molecule has 0 aliphatic rings. The molecule has 0 saturated heterocycles. The molecule has 0 fully saturated rings. The Morgan fingerprint density at radius 1 is 1.31 bits per heavy atom. The number of rotatable bonds is 5. The minimum Gasteiger partial charge on any atom is -0.505 e. The molecule has 2 aromatic heterocycles. The van der Waals surface area contributed by atoms with Gasteiger partial charge in [-0.05, 0) is 30.7 Å². The molecular formula is C19H17N3O4. The molecule has 0 aliphatic heterocycles. The van der Waals surface area contributed by atoms with Gasteiger partial charge in [-0.25, -0.2) is 9.78 Å². The maximum atomic E-state index is 12.0. The van der Waals surface area contributed by atoms with Gasteiger partial charge in [0, 0.05) is 18.1 Å². The van der Waals surface area contributed by atoms with Crippen molar-refractivity contribution in [2.45, 2.75) is 13.5 Å². The molecule has 26 heavy (non-hydrogen) atoms. The van der Waals surface area contributed by atoms with E-state index in [1.54, 1.807) is 30.9 Å². The molecule has 3 rings (SSSR count). The molecule has 3 aromatic rings. The predicted molar refractivity (Wildman–Crippen MR) is 94.2 cm³/mol. The van der Waals surface area contributed by atoms with Crippen LogP contribution in [0.3, 0.4) is 0 Å². The summed E-state index contributed by atoms with van der Waals surface area (Å²) in [7, 11) is 1.60. The number of pyridine rings is 1. The van der Waals surface area contributed by atoms with Crippen LogP contribution in [0.1, 0.15) is 28.7 Å². The number of nitriles is 1. The monoisotopic (exact) mass is 351 g/mol. The molecule has 132 valence electrons. The highest BCUT2D eigenvalue weighted by atomic mass is 16.5. The van der Waals surface area contributed by atoms with Gasteiger partial charge >= 0.3 is 5.97 Å². The van der Waals surface area contributed by atoms with Crippen molar-refractivity contribution >= 4 is 16.9 Å². The van der Waals surface area contributed by atoms with Crippen LogP contribution in [0.5, 0.6) is 11.5 Å². The number of methoxy groups -OCH3 is 1. The first kappa shape index (κ1) is 17.3. The zero-order valence-corrected chi connectivity index (χ0v) is 14.4. The third-order valence-electron chi connectivity index (χ3n) is 3.98. The van der Waals surface area contributed by atoms with Crippen LogP contribution in [0, 0.1) is 11.3 Å². The van der Waals surface area contributed by atoms with E-state index in [9.17, 15) is 15.2 Å². The summed E-state index contributed by atoms with van der Waals surface area (Å²) in [5.74, 6) is -0.292. The normalized spacial score (nSPS) is 10.5. The van der Waals surface area contributed by atoms with E-state index in [-0.39, 0.29) is 23.7 Å². The quantitative estimate of drug-likeness (QED) is 0.710. The number of fused-ring (bicyclic) bond motifs is 1. The number of carbonyl (C=O) groups is 1. The lowest BCUT2D eigenvalue weighted by molar-refractivity contribution is 0.0516. The Morgan fingerprint density at radius 2 is 2.04 bits per heavy atom. The van der Waals surface area contributed by atoms with Gasteiger partial charge in [-0.2, -0.15) is 5.26 Å². The van der Waals surface area contributed by atoms with E-state index >= 15 is 0 Å². The first-order valence-electron chi connectivity index (χ1n) is 8.01. The molecule has 1 N–H and O–H groups in total. The van der Waals surface area contributed by atoms with Crippen molar-refractivity contribution < 1.29 is 19.4 Å². The number of nitrogens with zero attached hydrogens (tertiary/aromatic N) is 3. The SMILES string of the molecule is CCOC(=O)c1nc(C#N)c2c(ccn2Cc2ccc(OC)cc2)c1O. The summed E-state index contributed by atoms with van der Waals surface area (Å²) < 4.78 is 11.8. The number of ether oxygens (including phenoxy) is 2. The van der Waals surface area contributed by atoms with E-state index in [1.165, 1.54) is 0 Å². The number of benzene rings is 1. The molecule has 0 radical (unpaired) electrons. The fourth-order valence-corrected chi connectivity index (χ4v) is 2.75. The highest BCUT2D eigenvalue weighted by molar-refractivity contribution is 6.00. The summed E-state index contributed by atoms with van der Waals surface area (Å²) in [6, 6.07) is 11.2. The average Bonchev–Trinajstić information content (AvgIpc) is 3.07. The molecular weight excluding hydrogens is 334 g/mol. The number of hydrogen-bond donors (Lipinski definition) is 1. The Labute approximate surface area is 150 Å². The Bertz CT molecular complexity index is 1000. The Morgan fingerprint density at radius 3 is 2.65 bits per heavy atom. The molecule has 0 amide bonds. The van der Waals surface area contributed by atoms with E-state index < -0.39 is 5.97 Å². The van der Waals surface area contributed by atoms with Crippen molar-refractivity contribution in [2.75, 3.05) is 13.7 Å². The van der Waals surface area contributed by atoms with Crippen molar-refractivity contribution in [3.05, 3.63) is 53.5 Å². The molecule has 0 unspecified atom stereocenters. The molecule has 7 nitrogen and oxygen atoms in total. The second kappa shape index (κ2) is 7.15. The number of esters is 1. The van der Waals surface area contributed by atoms with Crippen molar-refractivity contribution in [3.63, 3.8) is 0 Å².